The second-order valence-electron chi connectivity index (χ2n) is 7.98. The summed E-state index contributed by atoms with van der Waals surface area (Å²) in [6.07, 6.45) is 5.45. The summed E-state index contributed by atoms with van der Waals surface area (Å²) >= 11 is 0. The maximum atomic E-state index is 10.5. The third kappa shape index (κ3) is 7.88. The number of aromatic nitrogens is 1. The standard InChI is InChI=1S/C26H35N3O3/c30-24-13-12-22(23-11-8-15-29-26(23)24)25(31)20-27-14-6-1-2-7-17-32-18-16-28-19-21-9-4-3-5-10-21/h3-5,8-13,15,25,27-28,30-31H,1-2,6-7,14,16-20H2. The Morgan fingerprint density at radius 2 is 1.69 bits per heavy atom. The van der Waals surface area contributed by atoms with Gasteiger partial charge < -0.3 is 25.6 Å². The molecule has 0 amide bonds. The third-order valence-electron chi connectivity index (χ3n) is 5.47. The average molecular weight is 438 g/mol. The minimum absolute atomic E-state index is 0.136. The Morgan fingerprint density at radius 1 is 0.844 bits per heavy atom. The van der Waals surface area contributed by atoms with E-state index in [9.17, 15) is 10.2 Å². The van der Waals surface area contributed by atoms with Crippen LogP contribution in [0.2, 0.25) is 0 Å². The first-order valence-corrected chi connectivity index (χ1v) is 11.5. The van der Waals surface area contributed by atoms with E-state index in [1.165, 1.54) is 5.56 Å². The van der Waals surface area contributed by atoms with E-state index in [1.807, 2.05) is 18.2 Å². The second kappa shape index (κ2) is 13.8. The van der Waals surface area contributed by atoms with Crippen LogP contribution in [0.5, 0.6) is 5.75 Å². The normalized spacial score (nSPS) is 12.3. The van der Waals surface area contributed by atoms with Crippen LogP contribution in [-0.2, 0) is 11.3 Å². The van der Waals surface area contributed by atoms with Crippen LogP contribution in [0.3, 0.4) is 0 Å². The van der Waals surface area contributed by atoms with E-state index in [0.29, 0.717) is 12.1 Å². The van der Waals surface area contributed by atoms with Crippen molar-refractivity contribution in [2.45, 2.75) is 38.3 Å². The van der Waals surface area contributed by atoms with Crippen LogP contribution < -0.4 is 10.6 Å². The highest BCUT2D eigenvalue weighted by Crippen LogP contribution is 2.29. The van der Waals surface area contributed by atoms with E-state index in [0.717, 1.165) is 69.5 Å². The first kappa shape index (κ1) is 24.1. The molecule has 3 aromatic rings. The third-order valence-corrected chi connectivity index (χ3v) is 5.47. The van der Waals surface area contributed by atoms with Crippen molar-refractivity contribution in [2.24, 2.45) is 0 Å². The fraction of sp³-hybridized carbons (Fsp3) is 0.423. The molecule has 1 unspecified atom stereocenters. The van der Waals surface area contributed by atoms with Gasteiger partial charge in [-0.15, -0.1) is 0 Å². The van der Waals surface area contributed by atoms with Crippen molar-refractivity contribution >= 4 is 10.9 Å². The van der Waals surface area contributed by atoms with Gasteiger partial charge in [0.1, 0.15) is 11.3 Å². The smallest absolute Gasteiger partial charge is 0.141 e. The van der Waals surface area contributed by atoms with Gasteiger partial charge in [0.2, 0.25) is 0 Å². The minimum Gasteiger partial charge on any atom is -0.506 e. The van der Waals surface area contributed by atoms with Gasteiger partial charge in [-0.3, -0.25) is 4.98 Å². The quantitative estimate of drug-likeness (QED) is 0.270. The van der Waals surface area contributed by atoms with Crippen LogP contribution >= 0.6 is 0 Å². The summed E-state index contributed by atoms with van der Waals surface area (Å²) in [6.45, 7) is 4.65. The highest BCUT2D eigenvalue weighted by Gasteiger charge is 2.13. The number of nitrogens with zero attached hydrogens (tertiary/aromatic N) is 1. The lowest BCUT2D eigenvalue weighted by Gasteiger charge is -2.15. The SMILES string of the molecule is Oc1ccc(C(O)CNCCCCCCOCCNCc2ccccc2)c2cccnc12. The maximum absolute atomic E-state index is 10.5. The van der Waals surface area contributed by atoms with Crippen LogP contribution in [0.15, 0.2) is 60.8 Å². The number of aromatic hydroxyl groups is 1. The van der Waals surface area contributed by atoms with Crippen molar-refractivity contribution in [1.82, 2.24) is 15.6 Å². The number of aliphatic hydroxyl groups is 1. The lowest BCUT2D eigenvalue weighted by Crippen LogP contribution is -2.22. The number of hydrogen-bond donors (Lipinski definition) is 4. The molecule has 1 heterocycles. The molecule has 1 atom stereocenters. The number of rotatable bonds is 15. The van der Waals surface area contributed by atoms with Crippen molar-refractivity contribution < 1.29 is 14.9 Å². The lowest BCUT2D eigenvalue weighted by atomic mass is 10.0. The van der Waals surface area contributed by atoms with E-state index in [-0.39, 0.29) is 5.75 Å². The van der Waals surface area contributed by atoms with E-state index in [4.69, 9.17) is 4.74 Å². The zero-order chi connectivity index (χ0) is 22.4. The van der Waals surface area contributed by atoms with Gasteiger partial charge in [-0.25, -0.2) is 0 Å². The summed E-state index contributed by atoms with van der Waals surface area (Å²) < 4.78 is 5.69. The Kier molecular flexibility index (Phi) is 10.4. The number of aliphatic hydroxyl groups excluding tert-OH is 1. The summed E-state index contributed by atoms with van der Waals surface area (Å²) in [6, 6.07) is 17.4. The molecule has 0 aliphatic rings. The number of nitrogens with one attached hydrogen (secondary N) is 2. The fourth-order valence-corrected chi connectivity index (χ4v) is 3.70. The molecular formula is C26H35N3O3. The van der Waals surface area contributed by atoms with Crippen LogP contribution in [0.25, 0.3) is 10.9 Å². The summed E-state index contributed by atoms with van der Waals surface area (Å²) in [7, 11) is 0. The minimum atomic E-state index is -0.633. The number of ether oxygens (including phenoxy) is 1. The molecule has 0 spiro atoms. The van der Waals surface area contributed by atoms with E-state index in [2.05, 4.69) is 39.9 Å². The van der Waals surface area contributed by atoms with Gasteiger partial charge in [0.15, 0.2) is 0 Å². The van der Waals surface area contributed by atoms with E-state index >= 15 is 0 Å². The zero-order valence-electron chi connectivity index (χ0n) is 18.7. The molecule has 0 fully saturated rings. The molecule has 3 rings (SSSR count). The number of fused-ring (bicyclic) bond motifs is 1. The van der Waals surface area contributed by atoms with Crippen LogP contribution in [0, 0.1) is 0 Å². The molecule has 0 saturated carbocycles. The molecule has 4 N–H and O–H groups in total. The number of hydrogen-bond acceptors (Lipinski definition) is 6. The van der Waals surface area contributed by atoms with Gasteiger partial charge in [0.05, 0.1) is 12.7 Å². The summed E-state index contributed by atoms with van der Waals surface area (Å²) in [5.74, 6) is 0.136. The number of benzene rings is 2. The van der Waals surface area contributed by atoms with Gasteiger partial charge in [-0.05, 0) is 42.6 Å². The molecule has 0 saturated heterocycles. The molecule has 32 heavy (non-hydrogen) atoms. The molecule has 6 heteroatoms. The Labute approximate surface area is 190 Å². The molecular weight excluding hydrogens is 402 g/mol. The summed E-state index contributed by atoms with van der Waals surface area (Å²) in [4.78, 5) is 4.21. The molecule has 172 valence electrons. The van der Waals surface area contributed by atoms with E-state index < -0.39 is 6.10 Å². The maximum Gasteiger partial charge on any atom is 0.141 e. The van der Waals surface area contributed by atoms with Crippen molar-refractivity contribution in [2.75, 3.05) is 32.8 Å². The predicted molar refractivity (Wildman–Crippen MR) is 129 cm³/mol. The van der Waals surface area contributed by atoms with Gasteiger partial charge in [-0.1, -0.05) is 55.3 Å². The van der Waals surface area contributed by atoms with Crippen LogP contribution in [-0.4, -0.2) is 48.0 Å². The molecule has 0 aliphatic heterocycles. The second-order valence-corrected chi connectivity index (χ2v) is 7.98. The summed E-state index contributed by atoms with van der Waals surface area (Å²) in [5, 5.41) is 28.0. The molecule has 0 radical (unpaired) electrons. The first-order chi connectivity index (χ1) is 15.8. The molecule has 1 aromatic heterocycles. The molecule has 0 aliphatic carbocycles. The van der Waals surface area contributed by atoms with Gasteiger partial charge in [-0.2, -0.15) is 0 Å². The monoisotopic (exact) mass is 437 g/mol. The molecule has 0 bridgehead atoms. The van der Waals surface area contributed by atoms with E-state index in [1.54, 1.807) is 18.3 Å². The van der Waals surface area contributed by atoms with Gasteiger partial charge in [0, 0.05) is 37.8 Å². The highest BCUT2D eigenvalue weighted by molar-refractivity contribution is 5.87. The van der Waals surface area contributed by atoms with Gasteiger partial charge >= 0.3 is 0 Å². The molecule has 2 aromatic carbocycles. The largest absolute Gasteiger partial charge is 0.506 e. The average Bonchev–Trinajstić information content (AvgIpc) is 2.83. The van der Waals surface area contributed by atoms with Crippen molar-refractivity contribution in [3.8, 4) is 5.75 Å². The van der Waals surface area contributed by atoms with Crippen LogP contribution in [0.4, 0.5) is 0 Å². The number of phenols is 1. The number of unbranched alkanes of at least 4 members (excludes halogenated alkanes) is 3. The van der Waals surface area contributed by atoms with Gasteiger partial charge in [0.25, 0.3) is 0 Å². The fourth-order valence-electron chi connectivity index (χ4n) is 3.70. The Balaban J connectivity index is 1.17. The summed E-state index contributed by atoms with van der Waals surface area (Å²) in [5.41, 5.74) is 2.61. The Hall–Kier alpha value is -2.51. The molecule has 6 nitrogen and oxygen atoms in total. The Bertz CT molecular complexity index is 921. The number of pyridine rings is 1. The van der Waals surface area contributed by atoms with Crippen molar-refractivity contribution in [3.05, 3.63) is 71.9 Å². The zero-order valence-corrected chi connectivity index (χ0v) is 18.7. The highest BCUT2D eigenvalue weighted by atomic mass is 16.5. The number of phenolic OH excluding ortho intramolecular Hbond substituents is 1. The Morgan fingerprint density at radius 3 is 2.56 bits per heavy atom. The van der Waals surface area contributed by atoms with Crippen LogP contribution in [0.1, 0.15) is 42.9 Å². The topological polar surface area (TPSA) is 86.6 Å². The predicted octanol–water partition coefficient (Wildman–Crippen LogP) is 3.93. The van der Waals surface area contributed by atoms with Crippen molar-refractivity contribution in [3.63, 3.8) is 0 Å². The van der Waals surface area contributed by atoms with Crippen molar-refractivity contribution in [1.29, 1.82) is 0 Å². The lowest BCUT2D eigenvalue weighted by molar-refractivity contribution is 0.131. The first-order valence-electron chi connectivity index (χ1n) is 11.5.